The quantitative estimate of drug-likeness (QED) is 0.593. The zero-order valence-corrected chi connectivity index (χ0v) is 9.25. The maximum absolute atomic E-state index is 11.9. The first-order valence-corrected chi connectivity index (χ1v) is 5.05. The minimum atomic E-state index is -4.18. The monoisotopic (exact) mass is 247 g/mol. The van der Waals surface area contributed by atoms with Gasteiger partial charge in [-0.1, -0.05) is 0 Å². The highest BCUT2D eigenvalue weighted by Crippen LogP contribution is 2.22. The molecule has 0 saturated heterocycles. The van der Waals surface area contributed by atoms with Crippen LogP contribution >= 0.6 is 0 Å². The van der Waals surface area contributed by atoms with Crippen molar-refractivity contribution in [2.45, 2.75) is 25.9 Å². The van der Waals surface area contributed by atoms with Crippen molar-refractivity contribution in [3.63, 3.8) is 0 Å². The Labute approximate surface area is 96.6 Å². The van der Waals surface area contributed by atoms with Crippen LogP contribution in [0, 0.1) is 6.92 Å². The highest BCUT2D eigenvalue weighted by molar-refractivity contribution is 5.76. The van der Waals surface area contributed by atoms with E-state index in [1.807, 2.05) is 0 Å². The first kappa shape index (κ1) is 13.5. The summed E-state index contributed by atoms with van der Waals surface area (Å²) in [6.45, 7) is 1.62. The third kappa shape index (κ3) is 4.84. The Hall–Kier alpha value is -1.59. The Morgan fingerprint density at radius 1 is 1.41 bits per heavy atom. The molecule has 0 aliphatic heterocycles. The number of ether oxygens (including phenoxy) is 1. The van der Waals surface area contributed by atoms with Crippen LogP contribution in [-0.4, -0.2) is 24.1 Å². The summed E-state index contributed by atoms with van der Waals surface area (Å²) >= 11 is 0. The Morgan fingerprint density at radius 3 is 2.71 bits per heavy atom. The number of halogens is 3. The smallest absolute Gasteiger partial charge is 0.389 e. The van der Waals surface area contributed by atoms with Crippen LogP contribution in [0.2, 0.25) is 0 Å². The van der Waals surface area contributed by atoms with Crippen LogP contribution in [0.15, 0.2) is 12.1 Å². The standard InChI is InChI=1S/C11H12F3NO2/c1-8-3-4-10(9(7-16)15-8)17-6-2-5-11(12,13)14/h3-4,7H,2,5-6H2,1H3. The van der Waals surface area contributed by atoms with E-state index in [-0.39, 0.29) is 24.5 Å². The molecule has 0 aliphatic carbocycles. The van der Waals surface area contributed by atoms with Gasteiger partial charge in [-0.25, -0.2) is 4.98 Å². The molecule has 0 radical (unpaired) electrons. The Morgan fingerprint density at radius 2 is 2.12 bits per heavy atom. The predicted molar refractivity (Wildman–Crippen MR) is 55.1 cm³/mol. The first-order chi connectivity index (χ1) is 7.92. The molecule has 3 nitrogen and oxygen atoms in total. The van der Waals surface area contributed by atoms with Crippen LogP contribution in [0.1, 0.15) is 29.0 Å². The van der Waals surface area contributed by atoms with Gasteiger partial charge in [-0.2, -0.15) is 13.2 Å². The molecule has 0 amide bonds. The number of carbonyl (C=O) groups excluding carboxylic acids is 1. The van der Waals surface area contributed by atoms with Crippen LogP contribution in [-0.2, 0) is 0 Å². The molecule has 0 unspecified atom stereocenters. The topological polar surface area (TPSA) is 39.2 Å². The maximum atomic E-state index is 11.9. The number of aldehydes is 1. The van der Waals surface area contributed by atoms with E-state index in [2.05, 4.69) is 4.98 Å². The number of nitrogens with zero attached hydrogens (tertiary/aromatic N) is 1. The lowest BCUT2D eigenvalue weighted by Crippen LogP contribution is -2.10. The lowest BCUT2D eigenvalue weighted by atomic mass is 10.3. The summed E-state index contributed by atoms with van der Waals surface area (Å²) in [5.74, 6) is 0.216. The van der Waals surface area contributed by atoms with Crippen molar-refractivity contribution >= 4 is 6.29 Å². The second-order valence-electron chi connectivity index (χ2n) is 3.52. The van der Waals surface area contributed by atoms with Crippen molar-refractivity contribution < 1.29 is 22.7 Å². The number of rotatable bonds is 5. The van der Waals surface area contributed by atoms with Gasteiger partial charge >= 0.3 is 6.18 Å². The van der Waals surface area contributed by atoms with E-state index < -0.39 is 12.6 Å². The van der Waals surface area contributed by atoms with Gasteiger partial charge in [0.2, 0.25) is 0 Å². The van der Waals surface area contributed by atoms with E-state index in [0.717, 1.165) is 0 Å². The zero-order valence-electron chi connectivity index (χ0n) is 9.25. The lowest BCUT2D eigenvalue weighted by Gasteiger charge is -2.09. The molecule has 0 N–H and O–H groups in total. The summed E-state index contributed by atoms with van der Waals surface area (Å²) in [5.41, 5.74) is 0.756. The van der Waals surface area contributed by atoms with Gasteiger partial charge in [-0.3, -0.25) is 4.79 Å². The molecule has 1 heterocycles. The summed E-state index contributed by atoms with van der Waals surface area (Å²) in [4.78, 5) is 14.6. The second-order valence-corrected chi connectivity index (χ2v) is 3.52. The van der Waals surface area contributed by atoms with Crippen molar-refractivity contribution in [2.24, 2.45) is 0 Å². The fraction of sp³-hybridized carbons (Fsp3) is 0.455. The molecular formula is C11H12F3NO2. The van der Waals surface area contributed by atoms with Gasteiger partial charge in [-0.05, 0) is 25.5 Å². The molecule has 17 heavy (non-hydrogen) atoms. The van der Waals surface area contributed by atoms with Crippen molar-refractivity contribution in [1.82, 2.24) is 4.98 Å². The van der Waals surface area contributed by atoms with Gasteiger partial charge < -0.3 is 4.74 Å². The number of hydrogen-bond donors (Lipinski definition) is 0. The average Bonchev–Trinajstić information content (AvgIpc) is 2.24. The minimum absolute atomic E-state index is 0.0922. The summed E-state index contributed by atoms with van der Waals surface area (Å²) < 4.78 is 40.7. The van der Waals surface area contributed by atoms with Crippen molar-refractivity contribution in [2.75, 3.05) is 6.61 Å². The fourth-order valence-electron chi connectivity index (χ4n) is 1.23. The van der Waals surface area contributed by atoms with Crippen molar-refractivity contribution in [3.8, 4) is 5.75 Å². The van der Waals surface area contributed by atoms with Crippen LogP contribution in [0.4, 0.5) is 13.2 Å². The molecule has 1 aromatic rings. The molecule has 0 spiro atoms. The van der Waals surface area contributed by atoms with E-state index in [1.54, 1.807) is 13.0 Å². The predicted octanol–water partition coefficient (Wildman–Crippen LogP) is 2.92. The normalized spacial score (nSPS) is 11.3. The molecular weight excluding hydrogens is 235 g/mol. The molecule has 0 aromatic carbocycles. The molecule has 0 atom stereocenters. The summed E-state index contributed by atoms with van der Waals surface area (Å²) in [6.07, 6.45) is -4.70. The number of alkyl halides is 3. The third-order valence-electron chi connectivity index (χ3n) is 2.00. The van der Waals surface area contributed by atoms with Crippen LogP contribution in [0.3, 0.4) is 0 Å². The molecule has 0 saturated carbocycles. The van der Waals surface area contributed by atoms with Crippen molar-refractivity contribution in [1.29, 1.82) is 0 Å². The van der Waals surface area contributed by atoms with E-state index >= 15 is 0 Å². The zero-order chi connectivity index (χ0) is 12.9. The molecule has 94 valence electrons. The summed E-state index contributed by atoms with van der Waals surface area (Å²) in [5, 5.41) is 0. The highest BCUT2D eigenvalue weighted by atomic mass is 19.4. The number of pyridine rings is 1. The molecule has 0 fully saturated rings. The second kappa shape index (κ2) is 5.65. The van der Waals surface area contributed by atoms with Crippen molar-refractivity contribution in [3.05, 3.63) is 23.5 Å². The van der Waals surface area contributed by atoms with Gasteiger partial charge in [0.1, 0.15) is 11.4 Å². The Bertz CT molecular complexity index is 391. The van der Waals surface area contributed by atoms with Gasteiger partial charge in [0, 0.05) is 12.1 Å². The lowest BCUT2D eigenvalue weighted by molar-refractivity contribution is -0.136. The van der Waals surface area contributed by atoms with E-state index in [0.29, 0.717) is 12.0 Å². The number of carbonyl (C=O) groups is 1. The Balaban J connectivity index is 2.49. The van der Waals surface area contributed by atoms with E-state index in [9.17, 15) is 18.0 Å². The number of hydrogen-bond acceptors (Lipinski definition) is 3. The number of aromatic nitrogens is 1. The van der Waals surface area contributed by atoms with E-state index in [4.69, 9.17) is 4.74 Å². The minimum Gasteiger partial charge on any atom is -0.491 e. The van der Waals surface area contributed by atoms with Crippen LogP contribution in [0.25, 0.3) is 0 Å². The largest absolute Gasteiger partial charge is 0.491 e. The molecule has 0 bridgehead atoms. The fourth-order valence-corrected chi connectivity index (χ4v) is 1.23. The summed E-state index contributed by atoms with van der Waals surface area (Å²) in [7, 11) is 0. The molecule has 0 aliphatic rings. The summed E-state index contributed by atoms with van der Waals surface area (Å²) in [6, 6.07) is 3.16. The van der Waals surface area contributed by atoms with Gasteiger partial charge in [0.25, 0.3) is 0 Å². The molecule has 1 rings (SSSR count). The van der Waals surface area contributed by atoms with Gasteiger partial charge in [0.15, 0.2) is 6.29 Å². The maximum Gasteiger partial charge on any atom is 0.389 e. The van der Waals surface area contributed by atoms with Gasteiger partial charge in [-0.15, -0.1) is 0 Å². The van der Waals surface area contributed by atoms with E-state index in [1.165, 1.54) is 6.07 Å². The number of aryl methyl sites for hydroxylation is 1. The van der Waals surface area contributed by atoms with Crippen LogP contribution in [0.5, 0.6) is 5.75 Å². The first-order valence-electron chi connectivity index (χ1n) is 5.05. The highest BCUT2D eigenvalue weighted by Gasteiger charge is 2.26. The van der Waals surface area contributed by atoms with Crippen LogP contribution < -0.4 is 4.74 Å². The average molecular weight is 247 g/mol. The van der Waals surface area contributed by atoms with Gasteiger partial charge in [0.05, 0.1) is 6.61 Å². The molecule has 1 aromatic heterocycles. The SMILES string of the molecule is Cc1ccc(OCCCC(F)(F)F)c(C=O)n1. The Kier molecular flexibility index (Phi) is 4.48. The third-order valence-corrected chi connectivity index (χ3v) is 2.00. The molecule has 6 heteroatoms.